The number of nitrogens with zero attached hydrogens (tertiary/aromatic N) is 2. The predicted molar refractivity (Wildman–Crippen MR) is 56.8 cm³/mol. The Kier molecular flexibility index (Phi) is 2.54. The SMILES string of the molecule is CCc1cccc(-c2ccncc2)n1. The van der Waals surface area contributed by atoms with Gasteiger partial charge in [-0.1, -0.05) is 13.0 Å². The van der Waals surface area contributed by atoms with Crippen LogP contribution < -0.4 is 0 Å². The molecule has 2 heterocycles. The minimum atomic E-state index is 0.971. The van der Waals surface area contributed by atoms with Crippen molar-refractivity contribution < 1.29 is 0 Å². The van der Waals surface area contributed by atoms with Crippen molar-refractivity contribution in [2.45, 2.75) is 13.3 Å². The highest BCUT2D eigenvalue weighted by Crippen LogP contribution is 2.15. The van der Waals surface area contributed by atoms with Gasteiger partial charge in [-0.2, -0.15) is 0 Å². The molecular weight excluding hydrogens is 172 g/mol. The smallest absolute Gasteiger partial charge is 0.0706 e. The minimum absolute atomic E-state index is 0.971. The van der Waals surface area contributed by atoms with Crippen LogP contribution in [0.5, 0.6) is 0 Å². The molecule has 2 aromatic rings. The summed E-state index contributed by atoms with van der Waals surface area (Å²) in [5.74, 6) is 0. The van der Waals surface area contributed by atoms with Crippen LogP contribution in [0.15, 0.2) is 42.7 Å². The summed E-state index contributed by atoms with van der Waals surface area (Å²) in [6.07, 6.45) is 4.55. The van der Waals surface area contributed by atoms with Gasteiger partial charge in [0.05, 0.1) is 5.69 Å². The van der Waals surface area contributed by atoms with E-state index in [1.165, 1.54) is 0 Å². The van der Waals surface area contributed by atoms with Crippen molar-refractivity contribution in [1.29, 1.82) is 0 Å². The maximum absolute atomic E-state index is 4.53. The molecule has 2 heteroatoms. The van der Waals surface area contributed by atoms with Crippen LogP contribution in [-0.2, 0) is 6.42 Å². The zero-order valence-electron chi connectivity index (χ0n) is 8.14. The van der Waals surface area contributed by atoms with Crippen molar-refractivity contribution >= 4 is 0 Å². The second kappa shape index (κ2) is 4.01. The van der Waals surface area contributed by atoms with Gasteiger partial charge in [0.2, 0.25) is 0 Å². The molecule has 0 saturated heterocycles. The van der Waals surface area contributed by atoms with E-state index in [2.05, 4.69) is 16.9 Å². The van der Waals surface area contributed by atoms with Gasteiger partial charge in [-0.25, -0.2) is 0 Å². The molecule has 0 aliphatic rings. The molecule has 0 spiro atoms. The van der Waals surface area contributed by atoms with Gasteiger partial charge in [-0.05, 0) is 30.7 Å². The molecule has 0 amide bonds. The summed E-state index contributed by atoms with van der Waals surface area (Å²) < 4.78 is 0. The normalized spacial score (nSPS) is 10.1. The van der Waals surface area contributed by atoms with Gasteiger partial charge in [0, 0.05) is 23.7 Å². The van der Waals surface area contributed by atoms with Crippen molar-refractivity contribution in [3.05, 3.63) is 48.4 Å². The molecule has 0 radical (unpaired) electrons. The van der Waals surface area contributed by atoms with Gasteiger partial charge in [0.15, 0.2) is 0 Å². The van der Waals surface area contributed by atoms with E-state index in [-0.39, 0.29) is 0 Å². The third-order valence-corrected chi connectivity index (χ3v) is 2.15. The summed E-state index contributed by atoms with van der Waals surface area (Å²) in [4.78, 5) is 8.52. The lowest BCUT2D eigenvalue weighted by atomic mass is 10.1. The largest absolute Gasteiger partial charge is 0.265 e. The zero-order chi connectivity index (χ0) is 9.80. The van der Waals surface area contributed by atoms with Crippen LogP contribution in [-0.4, -0.2) is 9.97 Å². The molecular formula is C12H12N2. The summed E-state index contributed by atoms with van der Waals surface area (Å²) in [6.45, 7) is 2.11. The zero-order valence-corrected chi connectivity index (χ0v) is 8.14. The number of hydrogen-bond acceptors (Lipinski definition) is 2. The molecule has 0 aromatic carbocycles. The van der Waals surface area contributed by atoms with E-state index in [0.717, 1.165) is 23.4 Å². The molecule has 70 valence electrons. The van der Waals surface area contributed by atoms with E-state index in [1.54, 1.807) is 12.4 Å². The van der Waals surface area contributed by atoms with E-state index in [4.69, 9.17) is 0 Å². The monoisotopic (exact) mass is 184 g/mol. The Hall–Kier alpha value is -1.70. The topological polar surface area (TPSA) is 25.8 Å². The maximum atomic E-state index is 4.53. The minimum Gasteiger partial charge on any atom is -0.265 e. The first-order valence-corrected chi connectivity index (χ1v) is 4.76. The molecule has 0 atom stereocenters. The second-order valence-corrected chi connectivity index (χ2v) is 3.10. The fourth-order valence-corrected chi connectivity index (χ4v) is 1.36. The van der Waals surface area contributed by atoms with Crippen molar-refractivity contribution in [2.75, 3.05) is 0 Å². The Morgan fingerprint density at radius 2 is 1.86 bits per heavy atom. The Labute approximate surface area is 83.7 Å². The molecule has 0 aliphatic carbocycles. The summed E-state index contributed by atoms with van der Waals surface area (Å²) in [5.41, 5.74) is 3.27. The maximum Gasteiger partial charge on any atom is 0.0706 e. The van der Waals surface area contributed by atoms with Gasteiger partial charge in [0.1, 0.15) is 0 Å². The molecule has 0 saturated carbocycles. The van der Waals surface area contributed by atoms with Crippen molar-refractivity contribution in [2.24, 2.45) is 0 Å². The van der Waals surface area contributed by atoms with Crippen molar-refractivity contribution in [1.82, 2.24) is 9.97 Å². The first kappa shape index (κ1) is 8.88. The molecule has 2 aromatic heterocycles. The average molecular weight is 184 g/mol. The van der Waals surface area contributed by atoms with Crippen molar-refractivity contribution in [3.63, 3.8) is 0 Å². The summed E-state index contributed by atoms with van der Waals surface area (Å²) >= 11 is 0. The number of rotatable bonds is 2. The summed E-state index contributed by atoms with van der Waals surface area (Å²) in [6, 6.07) is 10.1. The molecule has 0 bridgehead atoms. The lowest BCUT2D eigenvalue weighted by Gasteiger charge is -2.01. The van der Waals surface area contributed by atoms with E-state index < -0.39 is 0 Å². The summed E-state index contributed by atoms with van der Waals surface area (Å²) in [5, 5.41) is 0. The molecule has 14 heavy (non-hydrogen) atoms. The van der Waals surface area contributed by atoms with Crippen LogP contribution in [0.1, 0.15) is 12.6 Å². The number of hydrogen-bond donors (Lipinski definition) is 0. The first-order chi connectivity index (χ1) is 6.90. The van der Waals surface area contributed by atoms with Crippen molar-refractivity contribution in [3.8, 4) is 11.3 Å². The van der Waals surface area contributed by atoms with E-state index >= 15 is 0 Å². The Balaban J connectivity index is 2.42. The van der Waals surface area contributed by atoms with Crippen LogP contribution in [0.2, 0.25) is 0 Å². The number of pyridine rings is 2. The Morgan fingerprint density at radius 1 is 1.07 bits per heavy atom. The standard InChI is InChI=1S/C12H12N2/c1-2-11-4-3-5-12(14-11)10-6-8-13-9-7-10/h3-9H,2H2,1H3. The van der Waals surface area contributed by atoms with E-state index in [0.29, 0.717) is 0 Å². The van der Waals surface area contributed by atoms with E-state index in [1.807, 2.05) is 30.3 Å². The molecule has 0 fully saturated rings. The van der Waals surface area contributed by atoms with Gasteiger partial charge in [0.25, 0.3) is 0 Å². The average Bonchev–Trinajstić information content (AvgIpc) is 2.30. The second-order valence-electron chi connectivity index (χ2n) is 3.10. The Bertz CT molecular complexity index is 410. The van der Waals surface area contributed by atoms with Crippen LogP contribution in [0.3, 0.4) is 0 Å². The highest BCUT2D eigenvalue weighted by Gasteiger charge is 1.98. The molecule has 2 nitrogen and oxygen atoms in total. The predicted octanol–water partition coefficient (Wildman–Crippen LogP) is 2.71. The van der Waals surface area contributed by atoms with Gasteiger partial charge in [-0.15, -0.1) is 0 Å². The Morgan fingerprint density at radius 3 is 2.57 bits per heavy atom. The van der Waals surface area contributed by atoms with Gasteiger partial charge in [-0.3, -0.25) is 9.97 Å². The van der Waals surface area contributed by atoms with Crippen LogP contribution in [0, 0.1) is 0 Å². The molecule has 2 rings (SSSR count). The van der Waals surface area contributed by atoms with Gasteiger partial charge >= 0.3 is 0 Å². The third kappa shape index (κ3) is 1.79. The highest BCUT2D eigenvalue weighted by atomic mass is 14.7. The molecule has 0 aliphatic heterocycles. The highest BCUT2D eigenvalue weighted by molar-refractivity contribution is 5.57. The fraction of sp³-hybridized carbons (Fsp3) is 0.167. The van der Waals surface area contributed by atoms with Crippen LogP contribution in [0.25, 0.3) is 11.3 Å². The number of aromatic nitrogens is 2. The fourth-order valence-electron chi connectivity index (χ4n) is 1.36. The molecule has 0 unspecified atom stereocenters. The number of aryl methyl sites for hydroxylation is 1. The lowest BCUT2D eigenvalue weighted by molar-refractivity contribution is 1.04. The quantitative estimate of drug-likeness (QED) is 0.717. The third-order valence-electron chi connectivity index (χ3n) is 2.15. The lowest BCUT2D eigenvalue weighted by Crippen LogP contribution is -1.89. The van der Waals surface area contributed by atoms with Crippen LogP contribution >= 0.6 is 0 Å². The molecule has 0 N–H and O–H groups in total. The van der Waals surface area contributed by atoms with Crippen LogP contribution in [0.4, 0.5) is 0 Å². The van der Waals surface area contributed by atoms with E-state index in [9.17, 15) is 0 Å². The van der Waals surface area contributed by atoms with Gasteiger partial charge < -0.3 is 0 Å². The first-order valence-electron chi connectivity index (χ1n) is 4.76. The summed E-state index contributed by atoms with van der Waals surface area (Å²) in [7, 11) is 0.